The van der Waals surface area contributed by atoms with Crippen LogP contribution in [0.1, 0.15) is 44.6 Å². The smallest absolute Gasteiger partial charge is 0.193 e. The second-order valence-electron chi connectivity index (χ2n) is 7.46. The zero-order chi connectivity index (χ0) is 18.1. The summed E-state index contributed by atoms with van der Waals surface area (Å²) in [7, 11) is 4.02. The molecule has 0 aliphatic carbocycles. The van der Waals surface area contributed by atoms with E-state index in [1.807, 2.05) is 7.05 Å². The molecule has 2 rings (SSSR count). The van der Waals surface area contributed by atoms with Crippen LogP contribution in [0.25, 0.3) is 0 Å². The molecule has 1 aromatic carbocycles. The first-order valence-corrected chi connectivity index (χ1v) is 9.66. The van der Waals surface area contributed by atoms with Crippen LogP contribution >= 0.6 is 0 Å². The number of hydrogen-bond acceptors (Lipinski definition) is 2. The number of aliphatic imine (C=N–C) groups is 1. The van der Waals surface area contributed by atoms with Gasteiger partial charge in [0, 0.05) is 46.3 Å². The molecule has 0 radical (unpaired) electrons. The summed E-state index contributed by atoms with van der Waals surface area (Å²) in [6.45, 7) is 8.38. The van der Waals surface area contributed by atoms with E-state index in [-0.39, 0.29) is 0 Å². The van der Waals surface area contributed by atoms with Crippen LogP contribution in [0.2, 0.25) is 0 Å². The normalized spacial score (nSPS) is 17.6. The van der Waals surface area contributed by atoms with Crippen molar-refractivity contribution in [2.75, 3.05) is 40.4 Å². The maximum Gasteiger partial charge on any atom is 0.193 e. The van der Waals surface area contributed by atoms with Crippen molar-refractivity contribution < 1.29 is 4.74 Å². The second kappa shape index (κ2) is 10.4. The lowest BCUT2D eigenvalue weighted by molar-refractivity contribution is 0.0625. The van der Waals surface area contributed by atoms with Gasteiger partial charge in [-0.1, -0.05) is 44.2 Å². The summed E-state index contributed by atoms with van der Waals surface area (Å²) in [6, 6.07) is 10.8. The minimum absolute atomic E-state index is 0.488. The highest BCUT2D eigenvalue weighted by Gasteiger charge is 2.18. The molecule has 1 heterocycles. The highest BCUT2D eigenvalue weighted by atomic mass is 16.5. The molecule has 1 atom stereocenters. The van der Waals surface area contributed by atoms with E-state index >= 15 is 0 Å². The standard InChI is InChI=1S/C21H35N3O/c1-17(2)20(19-8-6-5-7-9-19)16-23-21(22-3)24(4)13-10-18-11-14-25-15-12-18/h5-9,17-18,20H,10-16H2,1-4H3,(H,22,23). The van der Waals surface area contributed by atoms with E-state index in [0.717, 1.165) is 38.2 Å². The van der Waals surface area contributed by atoms with Gasteiger partial charge in [-0.2, -0.15) is 0 Å². The first-order valence-electron chi connectivity index (χ1n) is 9.66. The maximum absolute atomic E-state index is 5.45. The Labute approximate surface area is 153 Å². The second-order valence-corrected chi connectivity index (χ2v) is 7.46. The highest BCUT2D eigenvalue weighted by molar-refractivity contribution is 5.79. The molecular formula is C21H35N3O. The molecule has 0 bridgehead atoms. The third kappa shape index (κ3) is 6.35. The Bertz CT molecular complexity index is 509. The Morgan fingerprint density at radius 2 is 1.92 bits per heavy atom. The molecule has 1 aliphatic heterocycles. The molecule has 0 aromatic heterocycles. The molecule has 1 aromatic rings. The average Bonchev–Trinajstić information content (AvgIpc) is 2.64. The summed E-state index contributed by atoms with van der Waals surface area (Å²) in [5.74, 6) is 2.86. The Kier molecular flexibility index (Phi) is 8.26. The summed E-state index contributed by atoms with van der Waals surface area (Å²) in [5.41, 5.74) is 1.39. The quantitative estimate of drug-likeness (QED) is 0.604. The summed E-state index contributed by atoms with van der Waals surface area (Å²) >= 11 is 0. The molecule has 1 fully saturated rings. The van der Waals surface area contributed by atoms with Crippen LogP contribution in [0, 0.1) is 11.8 Å². The van der Waals surface area contributed by atoms with E-state index in [9.17, 15) is 0 Å². The SMILES string of the molecule is CN=C(NCC(c1ccccc1)C(C)C)N(C)CCC1CCOCC1. The zero-order valence-corrected chi connectivity index (χ0v) is 16.4. The van der Waals surface area contributed by atoms with Gasteiger partial charge in [-0.15, -0.1) is 0 Å². The molecule has 25 heavy (non-hydrogen) atoms. The van der Waals surface area contributed by atoms with Crippen molar-refractivity contribution in [2.24, 2.45) is 16.8 Å². The Morgan fingerprint density at radius 1 is 1.24 bits per heavy atom. The van der Waals surface area contributed by atoms with Crippen molar-refractivity contribution in [3.63, 3.8) is 0 Å². The molecule has 1 unspecified atom stereocenters. The molecule has 4 heteroatoms. The van der Waals surface area contributed by atoms with Crippen molar-refractivity contribution in [3.8, 4) is 0 Å². The van der Waals surface area contributed by atoms with Crippen LogP contribution < -0.4 is 5.32 Å². The van der Waals surface area contributed by atoms with Crippen LogP contribution in [0.4, 0.5) is 0 Å². The van der Waals surface area contributed by atoms with Gasteiger partial charge in [0.25, 0.3) is 0 Å². The molecule has 0 saturated carbocycles. The van der Waals surface area contributed by atoms with Gasteiger partial charge >= 0.3 is 0 Å². The van der Waals surface area contributed by atoms with Gasteiger partial charge in [-0.25, -0.2) is 0 Å². The monoisotopic (exact) mass is 345 g/mol. The predicted molar refractivity (Wildman–Crippen MR) is 106 cm³/mol. The molecule has 0 amide bonds. The number of hydrogen-bond donors (Lipinski definition) is 1. The van der Waals surface area contributed by atoms with E-state index in [4.69, 9.17) is 4.74 Å². The number of guanidine groups is 1. The van der Waals surface area contributed by atoms with Crippen LogP contribution in [0.15, 0.2) is 35.3 Å². The number of ether oxygens (including phenoxy) is 1. The van der Waals surface area contributed by atoms with Gasteiger partial charge in [0.15, 0.2) is 5.96 Å². The molecule has 1 saturated heterocycles. The largest absolute Gasteiger partial charge is 0.381 e. The minimum atomic E-state index is 0.488. The minimum Gasteiger partial charge on any atom is -0.381 e. The molecule has 1 aliphatic rings. The van der Waals surface area contributed by atoms with Crippen molar-refractivity contribution in [3.05, 3.63) is 35.9 Å². The van der Waals surface area contributed by atoms with E-state index in [1.165, 1.54) is 24.8 Å². The van der Waals surface area contributed by atoms with Crippen LogP contribution in [-0.2, 0) is 4.74 Å². The van der Waals surface area contributed by atoms with Gasteiger partial charge in [-0.3, -0.25) is 4.99 Å². The van der Waals surface area contributed by atoms with E-state index in [2.05, 4.69) is 66.4 Å². The van der Waals surface area contributed by atoms with Crippen LogP contribution in [0.3, 0.4) is 0 Å². The topological polar surface area (TPSA) is 36.9 Å². The van der Waals surface area contributed by atoms with E-state index in [1.54, 1.807) is 0 Å². The van der Waals surface area contributed by atoms with Crippen molar-refractivity contribution in [1.29, 1.82) is 0 Å². The van der Waals surface area contributed by atoms with Crippen LogP contribution in [-0.4, -0.2) is 51.3 Å². The van der Waals surface area contributed by atoms with Gasteiger partial charge in [0.1, 0.15) is 0 Å². The lowest BCUT2D eigenvalue weighted by Gasteiger charge is -2.28. The number of nitrogens with zero attached hydrogens (tertiary/aromatic N) is 2. The third-order valence-electron chi connectivity index (χ3n) is 5.30. The fourth-order valence-electron chi connectivity index (χ4n) is 3.54. The molecule has 0 spiro atoms. The summed E-state index contributed by atoms with van der Waals surface area (Å²) in [6.07, 6.45) is 3.61. The average molecular weight is 346 g/mol. The van der Waals surface area contributed by atoms with E-state index in [0.29, 0.717) is 11.8 Å². The van der Waals surface area contributed by atoms with Gasteiger partial charge < -0.3 is 15.0 Å². The highest BCUT2D eigenvalue weighted by Crippen LogP contribution is 2.23. The van der Waals surface area contributed by atoms with Crippen molar-refractivity contribution in [2.45, 2.75) is 39.0 Å². The number of rotatable bonds is 7. The van der Waals surface area contributed by atoms with E-state index < -0.39 is 0 Å². The fourth-order valence-corrected chi connectivity index (χ4v) is 3.54. The molecule has 140 valence electrons. The Hall–Kier alpha value is -1.55. The summed E-state index contributed by atoms with van der Waals surface area (Å²) in [5, 5.41) is 3.59. The summed E-state index contributed by atoms with van der Waals surface area (Å²) < 4.78 is 5.45. The predicted octanol–water partition coefficient (Wildman–Crippen LogP) is 3.75. The Balaban J connectivity index is 1.85. The molecular weight excluding hydrogens is 310 g/mol. The van der Waals surface area contributed by atoms with Gasteiger partial charge in [0.2, 0.25) is 0 Å². The van der Waals surface area contributed by atoms with Crippen LogP contribution in [0.5, 0.6) is 0 Å². The molecule has 1 N–H and O–H groups in total. The zero-order valence-electron chi connectivity index (χ0n) is 16.4. The first kappa shape index (κ1) is 19.8. The van der Waals surface area contributed by atoms with Gasteiger partial charge in [0.05, 0.1) is 0 Å². The lowest BCUT2D eigenvalue weighted by atomic mass is 9.88. The van der Waals surface area contributed by atoms with Crippen molar-refractivity contribution >= 4 is 5.96 Å². The molecule has 4 nitrogen and oxygen atoms in total. The number of nitrogens with one attached hydrogen (secondary N) is 1. The fraction of sp³-hybridized carbons (Fsp3) is 0.667. The lowest BCUT2D eigenvalue weighted by Crippen LogP contribution is -2.42. The first-order chi connectivity index (χ1) is 12.1. The number of benzene rings is 1. The summed E-state index contributed by atoms with van der Waals surface area (Å²) in [4.78, 5) is 6.75. The van der Waals surface area contributed by atoms with Gasteiger partial charge in [-0.05, 0) is 36.7 Å². The van der Waals surface area contributed by atoms with Crippen molar-refractivity contribution in [1.82, 2.24) is 10.2 Å². The maximum atomic E-state index is 5.45. The Morgan fingerprint density at radius 3 is 2.52 bits per heavy atom. The third-order valence-corrected chi connectivity index (χ3v) is 5.30.